The monoisotopic (exact) mass is 323 g/mol. The number of aromatic nitrogens is 2. The minimum absolute atomic E-state index is 0.713. The van der Waals surface area contributed by atoms with Crippen molar-refractivity contribution in [2.24, 2.45) is 0 Å². The van der Waals surface area contributed by atoms with E-state index in [-0.39, 0.29) is 0 Å². The first-order chi connectivity index (χ1) is 9.20. The number of nitrogens with one attached hydrogen (secondary N) is 1. The zero-order valence-corrected chi connectivity index (χ0v) is 12.8. The fraction of sp³-hybridized carbons (Fsp3) is 0.357. The van der Waals surface area contributed by atoms with Crippen molar-refractivity contribution in [1.29, 1.82) is 0 Å². The van der Waals surface area contributed by atoms with Crippen LogP contribution < -0.4 is 5.32 Å². The molecule has 0 aliphatic carbocycles. The van der Waals surface area contributed by atoms with Crippen molar-refractivity contribution in [1.82, 2.24) is 15.1 Å². The first-order valence-electron chi connectivity index (χ1n) is 6.20. The first-order valence-corrected chi connectivity index (χ1v) is 6.99. The summed E-state index contributed by atoms with van der Waals surface area (Å²) in [4.78, 5) is 0. The van der Waals surface area contributed by atoms with E-state index in [2.05, 4.69) is 38.5 Å². The predicted octanol–water partition coefficient (Wildman–Crippen LogP) is 2.68. The van der Waals surface area contributed by atoms with E-state index in [1.54, 1.807) is 7.11 Å². The Morgan fingerprint density at radius 2 is 2.26 bits per heavy atom. The van der Waals surface area contributed by atoms with Gasteiger partial charge in [-0.25, -0.2) is 4.68 Å². The number of methoxy groups -OCH3 is 1. The van der Waals surface area contributed by atoms with Crippen molar-refractivity contribution < 1.29 is 4.74 Å². The molecule has 2 aromatic rings. The van der Waals surface area contributed by atoms with E-state index in [0.29, 0.717) is 6.61 Å². The highest BCUT2D eigenvalue weighted by molar-refractivity contribution is 9.10. The van der Waals surface area contributed by atoms with E-state index in [1.165, 1.54) is 5.56 Å². The summed E-state index contributed by atoms with van der Waals surface area (Å²) in [7, 11) is 1.71. The smallest absolute Gasteiger partial charge is 0.0691 e. The molecule has 0 radical (unpaired) electrons. The minimum atomic E-state index is 0.713. The molecule has 102 valence electrons. The highest BCUT2D eigenvalue weighted by atomic mass is 79.9. The molecule has 5 heteroatoms. The third-order valence-electron chi connectivity index (χ3n) is 2.80. The maximum Gasteiger partial charge on any atom is 0.0691 e. The summed E-state index contributed by atoms with van der Waals surface area (Å²) in [6.45, 7) is 4.38. The minimum Gasteiger partial charge on any atom is -0.383 e. The van der Waals surface area contributed by atoms with Crippen LogP contribution in [0.3, 0.4) is 0 Å². The van der Waals surface area contributed by atoms with E-state index in [1.807, 2.05) is 30.1 Å². The van der Waals surface area contributed by atoms with Crippen LogP contribution in [0.5, 0.6) is 0 Å². The molecule has 1 aromatic heterocycles. The first kappa shape index (κ1) is 14.2. The molecule has 0 saturated heterocycles. The van der Waals surface area contributed by atoms with Crippen LogP contribution in [0.15, 0.2) is 35.1 Å². The quantitative estimate of drug-likeness (QED) is 0.831. The number of rotatable bonds is 6. The van der Waals surface area contributed by atoms with E-state index in [4.69, 9.17) is 4.74 Å². The van der Waals surface area contributed by atoms with Crippen molar-refractivity contribution in [3.8, 4) is 5.69 Å². The lowest BCUT2D eigenvalue weighted by atomic mass is 10.2. The lowest BCUT2D eigenvalue weighted by Gasteiger charge is -2.11. The van der Waals surface area contributed by atoms with E-state index in [0.717, 1.165) is 28.8 Å². The lowest BCUT2D eigenvalue weighted by molar-refractivity contribution is 0.199. The fourth-order valence-corrected chi connectivity index (χ4v) is 2.27. The molecule has 0 bridgehead atoms. The Balaban J connectivity index is 2.18. The summed E-state index contributed by atoms with van der Waals surface area (Å²) in [5, 5.41) is 7.73. The maximum absolute atomic E-state index is 5.03. The van der Waals surface area contributed by atoms with Gasteiger partial charge in [0.1, 0.15) is 0 Å². The molecule has 1 aromatic carbocycles. The zero-order valence-electron chi connectivity index (χ0n) is 11.2. The summed E-state index contributed by atoms with van der Waals surface area (Å²) < 4.78 is 8.02. The van der Waals surface area contributed by atoms with E-state index >= 15 is 0 Å². The Kier molecular flexibility index (Phi) is 5.13. The SMILES string of the molecule is COCCNCc1cc(Br)ccc1-n1cc(C)cn1. The highest BCUT2D eigenvalue weighted by Crippen LogP contribution is 2.20. The second-order valence-corrected chi connectivity index (χ2v) is 5.32. The van der Waals surface area contributed by atoms with Gasteiger partial charge in [0.25, 0.3) is 0 Å². The summed E-state index contributed by atoms with van der Waals surface area (Å²) in [6, 6.07) is 6.22. The van der Waals surface area contributed by atoms with Crippen LogP contribution in [0.4, 0.5) is 0 Å². The third kappa shape index (κ3) is 3.89. The van der Waals surface area contributed by atoms with Gasteiger partial charge in [0.2, 0.25) is 0 Å². The number of halogens is 1. The molecule has 1 heterocycles. The van der Waals surface area contributed by atoms with Crippen LogP contribution in [-0.2, 0) is 11.3 Å². The summed E-state index contributed by atoms with van der Waals surface area (Å²) in [5.41, 5.74) is 3.45. The molecule has 0 amide bonds. The second-order valence-electron chi connectivity index (χ2n) is 4.40. The van der Waals surface area contributed by atoms with Gasteiger partial charge < -0.3 is 10.1 Å². The Hall–Kier alpha value is -1.17. The topological polar surface area (TPSA) is 39.1 Å². The van der Waals surface area contributed by atoms with Gasteiger partial charge in [0, 0.05) is 30.9 Å². The molecule has 0 saturated carbocycles. The van der Waals surface area contributed by atoms with Crippen LogP contribution in [0.1, 0.15) is 11.1 Å². The molecule has 19 heavy (non-hydrogen) atoms. The molecule has 0 spiro atoms. The molecule has 0 aliphatic rings. The van der Waals surface area contributed by atoms with Gasteiger partial charge in [-0.3, -0.25) is 0 Å². The van der Waals surface area contributed by atoms with Gasteiger partial charge >= 0.3 is 0 Å². The largest absolute Gasteiger partial charge is 0.383 e. The third-order valence-corrected chi connectivity index (χ3v) is 3.29. The molecule has 0 unspecified atom stereocenters. The standard InChI is InChI=1S/C14H18BrN3O/c1-11-8-17-18(10-11)14-4-3-13(15)7-12(14)9-16-5-6-19-2/h3-4,7-8,10,16H,5-6,9H2,1-2H3. The van der Waals surface area contributed by atoms with Crippen molar-refractivity contribution in [3.63, 3.8) is 0 Å². The van der Waals surface area contributed by atoms with Crippen molar-refractivity contribution >= 4 is 15.9 Å². The van der Waals surface area contributed by atoms with Gasteiger partial charge in [0.05, 0.1) is 18.5 Å². The molecule has 1 N–H and O–H groups in total. The Bertz CT molecular complexity index is 539. The normalized spacial score (nSPS) is 10.9. The van der Waals surface area contributed by atoms with Gasteiger partial charge in [-0.2, -0.15) is 5.10 Å². The zero-order chi connectivity index (χ0) is 13.7. The van der Waals surface area contributed by atoms with Gasteiger partial charge in [-0.15, -0.1) is 0 Å². The van der Waals surface area contributed by atoms with Gasteiger partial charge in [-0.05, 0) is 36.2 Å². The van der Waals surface area contributed by atoms with E-state index in [9.17, 15) is 0 Å². The second kappa shape index (κ2) is 6.84. The molecule has 0 aliphatic heterocycles. The van der Waals surface area contributed by atoms with E-state index < -0.39 is 0 Å². The number of aryl methyl sites for hydroxylation is 1. The van der Waals surface area contributed by atoms with Crippen LogP contribution in [0.25, 0.3) is 5.69 Å². The van der Waals surface area contributed by atoms with Gasteiger partial charge in [0.15, 0.2) is 0 Å². The molecule has 4 nitrogen and oxygen atoms in total. The lowest BCUT2D eigenvalue weighted by Crippen LogP contribution is -2.19. The molecular formula is C14H18BrN3O. The van der Waals surface area contributed by atoms with Crippen LogP contribution in [0.2, 0.25) is 0 Å². The Morgan fingerprint density at radius 1 is 1.42 bits per heavy atom. The molecule has 2 rings (SSSR count). The molecule has 0 atom stereocenters. The summed E-state index contributed by atoms with van der Waals surface area (Å²) in [5.74, 6) is 0. The Labute approximate surface area is 121 Å². The van der Waals surface area contributed by atoms with Crippen LogP contribution in [-0.4, -0.2) is 30.0 Å². The Morgan fingerprint density at radius 3 is 2.95 bits per heavy atom. The number of ether oxygens (including phenoxy) is 1. The summed E-state index contributed by atoms with van der Waals surface area (Å²) >= 11 is 3.51. The average molecular weight is 324 g/mol. The average Bonchev–Trinajstić information content (AvgIpc) is 2.81. The number of benzene rings is 1. The highest BCUT2D eigenvalue weighted by Gasteiger charge is 2.06. The van der Waals surface area contributed by atoms with Crippen molar-refractivity contribution in [2.75, 3.05) is 20.3 Å². The van der Waals surface area contributed by atoms with Crippen molar-refractivity contribution in [2.45, 2.75) is 13.5 Å². The summed E-state index contributed by atoms with van der Waals surface area (Å²) in [6.07, 6.45) is 3.89. The predicted molar refractivity (Wildman–Crippen MR) is 79.6 cm³/mol. The number of hydrogen-bond donors (Lipinski definition) is 1. The number of hydrogen-bond acceptors (Lipinski definition) is 3. The molecule has 0 fully saturated rings. The maximum atomic E-state index is 5.03. The fourth-order valence-electron chi connectivity index (χ4n) is 1.86. The van der Waals surface area contributed by atoms with Crippen LogP contribution >= 0.6 is 15.9 Å². The van der Waals surface area contributed by atoms with Crippen molar-refractivity contribution in [3.05, 3.63) is 46.2 Å². The molecular weight excluding hydrogens is 306 g/mol. The number of nitrogens with zero attached hydrogens (tertiary/aromatic N) is 2. The van der Waals surface area contributed by atoms with Gasteiger partial charge in [-0.1, -0.05) is 15.9 Å². The van der Waals surface area contributed by atoms with Crippen LogP contribution in [0, 0.1) is 6.92 Å².